The fourth-order valence-electron chi connectivity index (χ4n) is 2.54. The van der Waals surface area contributed by atoms with Gasteiger partial charge in [0, 0.05) is 12.6 Å². The molecule has 0 aliphatic rings. The number of nitrogens with two attached hydrogens (primary N) is 1. The first-order valence-electron chi connectivity index (χ1n) is 7.63. The molecular weight excluding hydrogens is 332 g/mol. The van der Waals surface area contributed by atoms with Gasteiger partial charge in [-0.2, -0.15) is 0 Å². The van der Waals surface area contributed by atoms with Gasteiger partial charge >= 0.3 is 5.69 Å². The third-order valence-electron chi connectivity index (χ3n) is 3.60. The maximum absolute atomic E-state index is 12.4. The Morgan fingerprint density at radius 2 is 1.96 bits per heavy atom. The molecule has 2 rings (SSSR count). The van der Waals surface area contributed by atoms with E-state index in [1.807, 2.05) is 13.8 Å². The zero-order chi connectivity index (χ0) is 17.0. The molecule has 4 N–H and O–H groups in total. The molecule has 1 atom stereocenters. The normalized spacial score (nSPS) is 12.0. The number of halogens is 1. The molecule has 7 nitrogen and oxygen atoms in total. The van der Waals surface area contributed by atoms with Gasteiger partial charge in [0.05, 0.1) is 10.9 Å². The highest BCUT2D eigenvalue weighted by molar-refractivity contribution is 5.85. The van der Waals surface area contributed by atoms with Crippen LogP contribution in [0.3, 0.4) is 0 Å². The van der Waals surface area contributed by atoms with Gasteiger partial charge in [0.15, 0.2) is 0 Å². The van der Waals surface area contributed by atoms with Gasteiger partial charge in [0.2, 0.25) is 5.91 Å². The van der Waals surface area contributed by atoms with Crippen molar-refractivity contribution in [1.29, 1.82) is 0 Å². The van der Waals surface area contributed by atoms with E-state index in [9.17, 15) is 14.4 Å². The summed E-state index contributed by atoms with van der Waals surface area (Å²) in [4.78, 5) is 39.1. The van der Waals surface area contributed by atoms with Gasteiger partial charge in [-0.1, -0.05) is 26.0 Å². The molecule has 0 fully saturated rings. The second-order valence-electron chi connectivity index (χ2n) is 6.00. The summed E-state index contributed by atoms with van der Waals surface area (Å²) in [6, 6.07) is 6.53. The molecule has 0 saturated heterocycles. The molecular formula is C16H23ClN4O3. The fourth-order valence-corrected chi connectivity index (χ4v) is 2.54. The number of carbonyl (C=O) groups is 1. The number of para-hydroxylation sites is 1. The van der Waals surface area contributed by atoms with Gasteiger partial charge in [0.25, 0.3) is 5.56 Å². The minimum atomic E-state index is -0.600. The van der Waals surface area contributed by atoms with E-state index in [4.69, 9.17) is 5.73 Å². The topological polar surface area (TPSA) is 110 Å². The number of hydrogen-bond donors (Lipinski definition) is 3. The third kappa shape index (κ3) is 4.69. The van der Waals surface area contributed by atoms with Crippen molar-refractivity contribution in [3.8, 4) is 0 Å². The van der Waals surface area contributed by atoms with E-state index < -0.39 is 17.2 Å². The van der Waals surface area contributed by atoms with E-state index in [0.29, 0.717) is 23.4 Å². The number of rotatable bonds is 6. The van der Waals surface area contributed by atoms with E-state index >= 15 is 0 Å². The van der Waals surface area contributed by atoms with Crippen LogP contribution in [0.4, 0.5) is 0 Å². The molecule has 1 aromatic carbocycles. The summed E-state index contributed by atoms with van der Waals surface area (Å²) in [7, 11) is 0. The molecule has 0 radical (unpaired) electrons. The number of carbonyl (C=O) groups excluding carboxylic acids is 1. The summed E-state index contributed by atoms with van der Waals surface area (Å²) in [5, 5.41) is 3.15. The van der Waals surface area contributed by atoms with Crippen molar-refractivity contribution in [3.05, 3.63) is 45.1 Å². The lowest BCUT2D eigenvalue weighted by Gasteiger charge is -2.19. The quantitative estimate of drug-likeness (QED) is 0.705. The van der Waals surface area contributed by atoms with Gasteiger partial charge in [-0.15, -0.1) is 12.4 Å². The molecule has 8 heteroatoms. The van der Waals surface area contributed by atoms with Crippen LogP contribution in [0.1, 0.15) is 20.3 Å². The SMILES string of the molecule is CC(C)CC(CN)NC(=O)Cn1c(=O)[nH]c2ccccc2c1=O.Cl. The predicted octanol–water partition coefficient (Wildman–Crippen LogP) is 0.601. The van der Waals surface area contributed by atoms with Crippen molar-refractivity contribution in [2.75, 3.05) is 6.54 Å². The Morgan fingerprint density at radius 3 is 2.58 bits per heavy atom. The van der Waals surface area contributed by atoms with Crippen LogP contribution in [0, 0.1) is 5.92 Å². The molecule has 1 amide bonds. The van der Waals surface area contributed by atoms with Crippen LogP contribution in [0.2, 0.25) is 0 Å². The van der Waals surface area contributed by atoms with Gasteiger partial charge in [-0.3, -0.25) is 14.2 Å². The van der Waals surface area contributed by atoms with Gasteiger partial charge in [-0.25, -0.2) is 4.79 Å². The van der Waals surface area contributed by atoms with E-state index in [-0.39, 0.29) is 25.0 Å². The summed E-state index contributed by atoms with van der Waals surface area (Å²) in [5.74, 6) is -0.0142. The van der Waals surface area contributed by atoms with E-state index in [1.165, 1.54) is 0 Å². The highest BCUT2D eigenvalue weighted by atomic mass is 35.5. The van der Waals surface area contributed by atoms with Gasteiger partial charge in [-0.05, 0) is 24.5 Å². The Kier molecular flexibility index (Phi) is 7.18. The lowest BCUT2D eigenvalue weighted by Crippen LogP contribution is -2.46. The molecule has 1 heterocycles. The highest BCUT2D eigenvalue weighted by Crippen LogP contribution is 2.04. The third-order valence-corrected chi connectivity index (χ3v) is 3.60. The molecule has 2 aromatic rings. The summed E-state index contributed by atoms with van der Waals surface area (Å²) in [6.07, 6.45) is 0.741. The van der Waals surface area contributed by atoms with Crippen LogP contribution < -0.4 is 22.3 Å². The van der Waals surface area contributed by atoms with E-state index in [1.54, 1.807) is 24.3 Å². The largest absolute Gasteiger partial charge is 0.351 e. The van der Waals surface area contributed by atoms with Crippen LogP contribution in [0.15, 0.2) is 33.9 Å². The maximum atomic E-state index is 12.4. The summed E-state index contributed by atoms with van der Waals surface area (Å²) in [6.45, 7) is 4.06. The number of H-pyrrole nitrogens is 1. The monoisotopic (exact) mass is 354 g/mol. The summed E-state index contributed by atoms with van der Waals surface area (Å²) in [5.41, 5.74) is 5.02. The lowest BCUT2D eigenvalue weighted by atomic mass is 10.0. The van der Waals surface area contributed by atoms with E-state index in [0.717, 1.165) is 11.0 Å². The number of nitrogens with zero attached hydrogens (tertiary/aromatic N) is 1. The van der Waals surface area contributed by atoms with Crippen molar-refractivity contribution < 1.29 is 4.79 Å². The van der Waals surface area contributed by atoms with Gasteiger partial charge < -0.3 is 16.0 Å². The Bertz CT molecular complexity index is 813. The van der Waals surface area contributed by atoms with Crippen LogP contribution in [0.5, 0.6) is 0 Å². The molecule has 0 aliphatic carbocycles. The fraction of sp³-hybridized carbons (Fsp3) is 0.438. The Labute approximate surface area is 145 Å². The first-order chi connectivity index (χ1) is 10.9. The zero-order valence-electron chi connectivity index (χ0n) is 13.7. The number of fused-ring (bicyclic) bond motifs is 1. The van der Waals surface area contributed by atoms with Crippen molar-refractivity contribution in [1.82, 2.24) is 14.9 Å². The summed E-state index contributed by atoms with van der Waals surface area (Å²) >= 11 is 0. The number of nitrogens with one attached hydrogen (secondary N) is 2. The smallest absolute Gasteiger partial charge is 0.329 e. The standard InChI is InChI=1S/C16H22N4O3.ClH/c1-10(2)7-11(8-17)18-14(21)9-20-15(22)12-5-3-4-6-13(12)19-16(20)23;/h3-6,10-11H,7-9,17H2,1-2H3,(H,18,21)(H,19,23);1H. The molecule has 0 spiro atoms. The molecule has 1 aromatic heterocycles. The van der Waals surface area contributed by atoms with Crippen LogP contribution >= 0.6 is 12.4 Å². The Morgan fingerprint density at radius 1 is 1.29 bits per heavy atom. The number of amides is 1. The number of aromatic nitrogens is 2. The van der Waals surface area contributed by atoms with Crippen LogP contribution in [0.25, 0.3) is 10.9 Å². The second kappa shape index (κ2) is 8.65. The second-order valence-corrected chi connectivity index (χ2v) is 6.00. The van der Waals surface area contributed by atoms with Crippen molar-refractivity contribution in [2.24, 2.45) is 11.7 Å². The summed E-state index contributed by atoms with van der Waals surface area (Å²) < 4.78 is 0.903. The van der Waals surface area contributed by atoms with Crippen molar-refractivity contribution in [2.45, 2.75) is 32.9 Å². The molecule has 24 heavy (non-hydrogen) atoms. The molecule has 0 aliphatic heterocycles. The van der Waals surface area contributed by atoms with Crippen LogP contribution in [-0.4, -0.2) is 28.0 Å². The number of hydrogen-bond acceptors (Lipinski definition) is 4. The van der Waals surface area contributed by atoms with E-state index in [2.05, 4.69) is 10.3 Å². The molecule has 0 bridgehead atoms. The average Bonchev–Trinajstić information content (AvgIpc) is 2.50. The van der Waals surface area contributed by atoms with Crippen LogP contribution in [-0.2, 0) is 11.3 Å². The average molecular weight is 355 g/mol. The molecule has 132 valence electrons. The maximum Gasteiger partial charge on any atom is 0.329 e. The first-order valence-corrected chi connectivity index (χ1v) is 7.63. The zero-order valence-corrected chi connectivity index (χ0v) is 14.6. The van der Waals surface area contributed by atoms with Gasteiger partial charge in [0.1, 0.15) is 6.54 Å². The Hall–Kier alpha value is -2.12. The number of benzene rings is 1. The Balaban J connectivity index is 0.00000288. The van der Waals surface area contributed by atoms with Crippen molar-refractivity contribution >= 4 is 29.2 Å². The lowest BCUT2D eigenvalue weighted by molar-refractivity contribution is -0.122. The number of aromatic amines is 1. The van der Waals surface area contributed by atoms with Crippen molar-refractivity contribution in [3.63, 3.8) is 0 Å². The first kappa shape index (κ1) is 19.9. The highest BCUT2D eigenvalue weighted by Gasteiger charge is 2.15. The molecule has 0 saturated carbocycles. The predicted molar refractivity (Wildman–Crippen MR) is 96.5 cm³/mol. The minimum Gasteiger partial charge on any atom is -0.351 e. The molecule has 1 unspecified atom stereocenters. The minimum absolute atomic E-state index is 0.